The van der Waals surface area contributed by atoms with Gasteiger partial charge in [0.1, 0.15) is 11.6 Å². The predicted octanol–water partition coefficient (Wildman–Crippen LogP) is 5.53. The molecule has 1 saturated heterocycles. The fourth-order valence-corrected chi connectivity index (χ4v) is 5.26. The lowest BCUT2D eigenvalue weighted by Gasteiger charge is -2.27. The van der Waals surface area contributed by atoms with Gasteiger partial charge >= 0.3 is 0 Å². The zero-order valence-corrected chi connectivity index (χ0v) is 23.9. The second-order valence-corrected chi connectivity index (χ2v) is 11.3. The molecular weight excluding hydrogens is 504 g/mol. The molecule has 1 aliphatic rings. The summed E-state index contributed by atoms with van der Waals surface area (Å²) >= 11 is 5.60. The molecule has 3 N–H and O–H groups in total. The van der Waals surface area contributed by atoms with E-state index in [2.05, 4.69) is 69.7 Å². The molecule has 7 nitrogen and oxygen atoms in total. The maximum atomic E-state index is 5.60. The van der Waals surface area contributed by atoms with E-state index >= 15 is 0 Å². The van der Waals surface area contributed by atoms with Gasteiger partial charge in [0.15, 0.2) is 5.11 Å². The Kier molecular flexibility index (Phi) is 8.43. The largest absolute Gasteiger partial charge is 0.497 e. The van der Waals surface area contributed by atoms with E-state index in [-0.39, 0.29) is 5.41 Å². The van der Waals surface area contributed by atoms with Gasteiger partial charge in [-0.05, 0) is 79.3 Å². The van der Waals surface area contributed by atoms with E-state index in [1.54, 1.807) is 7.11 Å². The molecule has 0 aliphatic carbocycles. The smallest absolute Gasteiger partial charge is 0.166 e. The molecule has 5 rings (SSSR count). The van der Waals surface area contributed by atoms with E-state index < -0.39 is 0 Å². The van der Waals surface area contributed by atoms with Gasteiger partial charge in [-0.15, -0.1) is 0 Å². The van der Waals surface area contributed by atoms with E-state index in [0.29, 0.717) is 11.7 Å². The van der Waals surface area contributed by atoms with Gasteiger partial charge in [0.2, 0.25) is 0 Å². The van der Waals surface area contributed by atoms with Crippen LogP contribution in [0.5, 0.6) is 5.75 Å². The monoisotopic (exact) mass is 542 g/mol. The topological polar surface area (TPSA) is 78.1 Å². The maximum Gasteiger partial charge on any atom is 0.166 e. The standard InChI is InChI=1S/C31H38N6OS/c1-31(2,21-34-30(39)33-15-18-37-16-5-4-6-17-37)29-35-27(22-11-13-32-14-12-22)28(36-29)25-8-7-24-20-26(38-3)10-9-23(24)19-25/h7-14,19-20H,4-6,15-18,21H2,1-3H3,(H,35,36)(H2,33,34,39). The third-order valence-corrected chi connectivity index (χ3v) is 7.78. The number of aromatic amines is 1. The molecule has 204 valence electrons. The highest BCUT2D eigenvalue weighted by Crippen LogP contribution is 2.35. The SMILES string of the molecule is COc1ccc2cc(-c3nc(C(C)(C)CNC(=S)NCCN4CCCCC4)[nH]c3-c3ccncc3)ccc2c1. The van der Waals surface area contributed by atoms with E-state index in [9.17, 15) is 0 Å². The fourth-order valence-electron chi connectivity index (χ4n) is 5.09. The number of thiocarbonyl (C=S) groups is 1. The number of ether oxygens (including phenoxy) is 1. The number of hydrogen-bond donors (Lipinski definition) is 3. The number of methoxy groups -OCH3 is 1. The summed E-state index contributed by atoms with van der Waals surface area (Å²) in [4.78, 5) is 15.5. The number of piperidine rings is 1. The van der Waals surface area contributed by atoms with Crippen LogP contribution in [-0.2, 0) is 5.41 Å². The molecule has 1 fully saturated rings. The molecule has 2 aromatic carbocycles. The number of fused-ring (bicyclic) bond motifs is 1. The minimum Gasteiger partial charge on any atom is -0.497 e. The summed E-state index contributed by atoms with van der Waals surface area (Å²) in [5.41, 5.74) is 3.72. The van der Waals surface area contributed by atoms with Crippen molar-refractivity contribution in [2.75, 3.05) is 39.8 Å². The van der Waals surface area contributed by atoms with Gasteiger partial charge in [-0.2, -0.15) is 0 Å². The summed E-state index contributed by atoms with van der Waals surface area (Å²) < 4.78 is 5.40. The summed E-state index contributed by atoms with van der Waals surface area (Å²) in [6, 6.07) is 16.6. The number of pyridine rings is 1. The lowest BCUT2D eigenvalue weighted by atomic mass is 9.92. The average Bonchev–Trinajstić information content (AvgIpc) is 3.43. The molecule has 0 unspecified atom stereocenters. The molecule has 8 heteroatoms. The summed E-state index contributed by atoms with van der Waals surface area (Å²) in [5, 5.41) is 9.76. The van der Waals surface area contributed by atoms with E-state index in [0.717, 1.165) is 58.0 Å². The maximum absolute atomic E-state index is 5.60. The number of benzene rings is 2. The van der Waals surface area contributed by atoms with Crippen LogP contribution < -0.4 is 15.4 Å². The number of nitrogens with one attached hydrogen (secondary N) is 3. The number of nitrogens with zero attached hydrogens (tertiary/aromatic N) is 3. The molecule has 0 spiro atoms. The van der Waals surface area contributed by atoms with Gasteiger partial charge in [0, 0.05) is 48.6 Å². The molecule has 1 aliphatic heterocycles. The number of aromatic nitrogens is 3. The van der Waals surface area contributed by atoms with Crippen LogP contribution in [0.4, 0.5) is 0 Å². The third kappa shape index (κ3) is 6.57. The second-order valence-electron chi connectivity index (χ2n) is 10.9. The highest BCUT2D eigenvalue weighted by Gasteiger charge is 2.27. The van der Waals surface area contributed by atoms with E-state index in [1.165, 1.54) is 32.4 Å². The Hall–Kier alpha value is -3.49. The van der Waals surface area contributed by atoms with Crippen LogP contribution in [0.3, 0.4) is 0 Å². The van der Waals surface area contributed by atoms with Crippen molar-refractivity contribution in [2.24, 2.45) is 0 Å². The van der Waals surface area contributed by atoms with Gasteiger partial charge < -0.3 is 25.3 Å². The number of H-pyrrole nitrogens is 1. The Morgan fingerprint density at radius 1 is 0.974 bits per heavy atom. The average molecular weight is 543 g/mol. The van der Waals surface area contributed by atoms with Gasteiger partial charge in [-0.25, -0.2) is 4.98 Å². The van der Waals surface area contributed by atoms with Crippen molar-refractivity contribution in [1.82, 2.24) is 30.5 Å². The molecule has 2 aromatic heterocycles. The van der Waals surface area contributed by atoms with Gasteiger partial charge in [-0.3, -0.25) is 4.98 Å². The molecule has 0 bridgehead atoms. The first-order valence-electron chi connectivity index (χ1n) is 13.8. The Labute approximate surface area is 236 Å². The zero-order chi connectivity index (χ0) is 27.2. The number of rotatable bonds is 9. The van der Waals surface area contributed by atoms with Crippen LogP contribution >= 0.6 is 12.2 Å². The Morgan fingerprint density at radius 2 is 1.72 bits per heavy atom. The first kappa shape index (κ1) is 27.1. The summed E-state index contributed by atoms with van der Waals surface area (Å²) in [6.45, 7) is 9.30. The molecule has 0 amide bonds. The van der Waals surface area contributed by atoms with E-state index in [4.69, 9.17) is 21.9 Å². The summed E-state index contributed by atoms with van der Waals surface area (Å²) in [7, 11) is 1.69. The van der Waals surface area contributed by atoms with Crippen LogP contribution in [0.25, 0.3) is 33.3 Å². The summed E-state index contributed by atoms with van der Waals surface area (Å²) in [6.07, 6.45) is 7.58. The quantitative estimate of drug-likeness (QED) is 0.240. The highest BCUT2D eigenvalue weighted by atomic mass is 32.1. The Morgan fingerprint density at radius 3 is 2.49 bits per heavy atom. The number of hydrogen-bond acceptors (Lipinski definition) is 5. The lowest BCUT2D eigenvalue weighted by Crippen LogP contribution is -2.45. The summed E-state index contributed by atoms with van der Waals surface area (Å²) in [5.74, 6) is 1.76. The van der Waals surface area contributed by atoms with Crippen molar-refractivity contribution >= 4 is 28.1 Å². The highest BCUT2D eigenvalue weighted by molar-refractivity contribution is 7.80. The van der Waals surface area contributed by atoms with Crippen LogP contribution in [0.1, 0.15) is 38.9 Å². The molecule has 0 atom stereocenters. The van der Waals surface area contributed by atoms with Crippen LogP contribution in [0.15, 0.2) is 60.9 Å². The number of likely N-dealkylation sites (tertiary alicyclic amines) is 1. The minimum atomic E-state index is -0.289. The Bertz CT molecular complexity index is 1410. The molecule has 0 saturated carbocycles. The zero-order valence-electron chi connectivity index (χ0n) is 23.1. The lowest BCUT2D eigenvalue weighted by molar-refractivity contribution is 0.232. The first-order chi connectivity index (χ1) is 18.9. The fraction of sp³-hybridized carbons (Fsp3) is 0.387. The van der Waals surface area contributed by atoms with Crippen molar-refractivity contribution in [3.63, 3.8) is 0 Å². The minimum absolute atomic E-state index is 0.289. The van der Waals surface area contributed by atoms with Crippen molar-refractivity contribution < 1.29 is 4.74 Å². The predicted molar refractivity (Wildman–Crippen MR) is 163 cm³/mol. The normalized spacial score (nSPS) is 14.3. The van der Waals surface area contributed by atoms with Crippen molar-refractivity contribution in [3.05, 3.63) is 66.7 Å². The van der Waals surface area contributed by atoms with Crippen LogP contribution in [-0.4, -0.2) is 64.8 Å². The van der Waals surface area contributed by atoms with Gasteiger partial charge in [-0.1, -0.05) is 38.5 Å². The molecular formula is C31H38N6OS. The number of imidazole rings is 1. The van der Waals surface area contributed by atoms with Crippen molar-refractivity contribution in [1.29, 1.82) is 0 Å². The molecule has 39 heavy (non-hydrogen) atoms. The van der Waals surface area contributed by atoms with Gasteiger partial charge in [0.05, 0.1) is 18.5 Å². The third-order valence-electron chi connectivity index (χ3n) is 7.49. The van der Waals surface area contributed by atoms with Crippen molar-refractivity contribution in [2.45, 2.75) is 38.5 Å². The van der Waals surface area contributed by atoms with Gasteiger partial charge in [0.25, 0.3) is 0 Å². The second kappa shape index (κ2) is 12.1. The Balaban J connectivity index is 1.34. The molecule has 3 heterocycles. The molecule has 0 radical (unpaired) electrons. The van der Waals surface area contributed by atoms with Crippen LogP contribution in [0.2, 0.25) is 0 Å². The van der Waals surface area contributed by atoms with Crippen LogP contribution in [0, 0.1) is 0 Å². The first-order valence-corrected chi connectivity index (χ1v) is 14.2. The van der Waals surface area contributed by atoms with E-state index in [1.807, 2.05) is 30.6 Å². The van der Waals surface area contributed by atoms with Crippen molar-refractivity contribution in [3.8, 4) is 28.3 Å². The molecule has 4 aromatic rings.